The fraction of sp³-hybridized carbons (Fsp3) is 0.429. The fourth-order valence-corrected chi connectivity index (χ4v) is 2.20. The lowest BCUT2D eigenvalue weighted by Crippen LogP contribution is -2.26. The van der Waals surface area contributed by atoms with E-state index in [1.54, 1.807) is 13.8 Å². The molecule has 1 heterocycles. The van der Waals surface area contributed by atoms with Gasteiger partial charge in [0.2, 0.25) is 0 Å². The zero-order valence-corrected chi connectivity index (χ0v) is 10.5. The van der Waals surface area contributed by atoms with Crippen LogP contribution < -0.4 is 0 Å². The second-order valence-electron chi connectivity index (χ2n) is 4.33. The summed E-state index contributed by atoms with van der Waals surface area (Å²) in [5.41, 5.74) is 0.827. The van der Waals surface area contributed by atoms with Gasteiger partial charge in [0, 0.05) is 0 Å². The van der Waals surface area contributed by atoms with Gasteiger partial charge in [-0.2, -0.15) is 0 Å². The molecular weight excluding hydrogens is 232 g/mol. The Labute approximate surface area is 106 Å². The second kappa shape index (κ2) is 5.21. The van der Waals surface area contributed by atoms with Crippen LogP contribution in [0.2, 0.25) is 0 Å². The summed E-state index contributed by atoms with van der Waals surface area (Å²) in [5, 5.41) is 0. The number of hydrogen-bond donors (Lipinski definition) is 0. The monoisotopic (exact) mass is 248 g/mol. The van der Waals surface area contributed by atoms with Gasteiger partial charge in [0.05, 0.1) is 12.5 Å². The largest absolute Gasteiger partial charge is 0.466 e. The Kier molecular flexibility index (Phi) is 3.65. The van der Waals surface area contributed by atoms with Gasteiger partial charge in [-0.05, 0) is 12.5 Å². The van der Waals surface area contributed by atoms with Crippen LogP contribution in [0.3, 0.4) is 0 Å². The zero-order chi connectivity index (χ0) is 13.1. The first-order chi connectivity index (χ1) is 8.65. The third-order valence-corrected chi connectivity index (χ3v) is 3.17. The van der Waals surface area contributed by atoms with Crippen molar-refractivity contribution in [1.82, 2.24) is 0 Å². The standard InChI is InChI=1S/C14H16O4/c1-3-17-14(16)11-9(2)13(15)18-12(11)10-7-5-4-6-8-10/h4-9,11-12H,3H2,1-2H3/t9-,11+,12+/m0/s1. The quantitative estimate of drug-likeness (QED) is 0.769. The summed E-state index contributed by atoms with van der Waals surface area (Å²) in [6.07, 6.45) is -0.534. The molecule has 0 unspecified atom stereocenters. The Bertz CT molecular complexity index is 440. The minimum Gasteiger partial charge on any atom is -0.466 e. The maximum Gasteiger partial charge on any atom is 0.313 e. The van der Waals surface area contributed by atoms with Crippen LogP contribution in [0.15, 0.2) is 30.3 Å². The van der Waals surface area contributed by atoms with Gasteiger partial charge >= 0.3 is 11.9 Å². The Morgan fingerprint density at radius 1 is 1.33 bits per heavy atom. The van der Waals surface area contributed by atoms with E-state index >= 15 is 0 Å². The number of ether oxygens (including phenoxy) is 2. The molecule has 1 fully saturated rings. The van der Waals surface area contributed by atoms with Gasteiger partial charge < -0.3 is 9.47 Å². The van der Waals surface area contributed by atoms with E-state index in [4.69, 9.17) is 9.47 Å². The highest BCUT2D eigenvalue weighted by Gasteiger charge is 2.47. The molecule has 0 spiro atoms. The topological polar surface area (TPSA) is 52.6 Å². The molecule has 3 atom stereocenters. The lowest BCUT2D eigenvalue weighted by atomic mass is 9.88. The van der Waals surface area contributed by atoms with Crippen molar-refractivity contribution in [2.75, 3.05) is 6.61 Å². The van der Waals surface area contributed by atoms with Gasteiger partial charge in [-0.15, -0.1) is 0 Å². The van der Waals surface area contributed by atoms with Gasteiger partial charge in [-0.3, -0.25) is 9.59 Å². The van der Waals surface area contributed by atoms with Gasteiger partial charge in [0.25, 0.3) is 0 Å². The third kappa shape index (κ3) is 2.23. The van der Waals surface area contributed by atoms with Crippen LogP contribution in [0, 0.1) is 11.8 Å². The van der Waals surface area contributed by atoms with Gasteiger partial charge in [0.1, 0.15) is 12.0 Å². The molecule has 2 rings (SSSR count). The average molecular weight is 248 g/mol. The maximum absolute atomic E-state index is 11.9. The first kappa shape index (κ1) is 12.6. The number of carbonyl (C=O) groups excluding carboxylic acids is 2. The minimum atomic E-state index is -0.556. The van der Waals surface area contributed by atoms with Crippen LogP contribution in [0.25, 0.3) is 0 Å². The summed E-state index contributed by atoms with van der Waals surface area (Å²) in [7, 11) is 0. The lowest BCUT2D eigenvalue weighted by molar-refractivity contribution is -0.151. The normalized spacial score (nSPS) is 26.8. The van der Waals surface area contributed by atoms with E-state index in [0.29, 0.717) is 6.61 Å². The highest BCUT2D eigenvalue weighted by molar-refractivity contribution is 5.85. The van der Waals surface area contributed by atoms with E-state index in [2.05, 4.69) is 0 Å². The summed E-state index contributed by atoms with van der Waals surface area (Å²) in [6, 6.07) is 9.29. The van der Waals surface area contributed by atoms with Gasteiger partial charge in [-0.25, -0.2) is 0 Å². The molecule has 4 heteroatoms. The van der Waals surface area contributed by atoms with Crippen molar-refractivity contribution in [3.8, 4) is 0 Å². The number of esters is 2. The Morgan fingerprint density at radius 2 is 2.00 bits per heavy atom. The molecule has 1 aromatic rings. The predicted molar refractivity (Wildman–Crippen MR) is 64.6 cm³/mol. The van der Waals surface area contributed by atoms with E-state index in [9.17, 15) is 9.59 Å². The third-order valence-electron chi connectivity index (χ3n) is 3.17. The average Bonchev–Trinajstić information content (AvgIpc) is 2.67. The Morgan fingerprint density at radius 3 is 2.61 bits per heavy atom. The first-order valence-corrected chi connectivity index (χ1v) is 6.07. The highest BCUT2D eigenvalue weighted by Crippen LogP contribution is 2.39. The summed E-state index contributed by atoms with van der Waals surface area (Å²) in [4.78, 5) is 23.6. The summed E-state index contributed by atoms with van der Waals surface area (Å²) < 4.78 is 10.3. The van der Waals surface area contributed by atoms with Crippen molar-refractivity contribution < 1.29 is 19.1 Å². The molecule has 1 aliphatic rings. The van der Waals surface area contributed by atoms with Crippen LogP contribution in [0.1, 0.15) is 25.5 Å². The molecule has 1 saturated heterocycles. The van der Waals surface area contributed by atoms with Crippen LogP contribution in [0.5, 0.6) is 0 Å². The van der Waals surface area contributed by atoms with Crippen molar-refractivity contribution in [3.05, 3.63) is 35.9 Å². The molecule has 0 amide bonds. The molecule has 1 aromatic carbocycles. The van der Waals surface area contributed by atoms with Crippen molar-refractivity contribution >= 4 is 11.9 Å². The summed E-state index contributed by atoms with van der Waals surface area (Å²) >= 11 is 0. The smallest absolute Gasteiger partial charge is 0.313 e. The zero-order valence-electron chi connectivity index (χ0n) is 10.5. The van der Waals surface area contributed by atoms with E-state index in [1.165, 1.54) is 0 Å². The molecule has 4 nitrogen and oxygen atoms in total. The molecule has 1 aliphatic heterocycles. The molecule has 18 heavy (non-hydrogen) atoms. The minimum absolute atomic E-state index is 0.303. The molecule has 0 N–H and O–H groups in total. The number of hydrogen-bond acceptors (Lipinski definition) is 4. The molecule has 0 radical (unpaired) electrons. The highest BCUT2D eigenvalue weighted by atomic mass is 16.6. The van der Waals surface area contributed by atoms with Gasteiger partial charge in [0.15, 0.2) is 0 Å². The summed E-state index contributed by atoms with van der Waals surface area (Å²) in [5.74, 6) is -1.74. The van der Waals surface area contributed by atoms with Crippen LogP contribution >= 0.6 is 0 Å². The van der Waals surface area contributed by atoms with Crippen molar-refractivity contribution in [3.63, 3.8) is 0 Å². The number of cyclic esters (lactones) is 1. The van der Waals surface area contributed by atoms with Crippen LogP contribution in [-0.2, 0) is 19.1 Å². The Hall–Kier alpha value is -1.84. The molecule has 96 valence electrons. The van der Waals surface area contributed by atoms with Gasteiger partial charge in [-0.1, -0.05) is 37.3 Å². The SMILES string of the molecule is CCOC(=O)[C@@H]1[C@H](C)C(=O)O[C@@H]1c1ccccc1. The number of rotatable bonds is 3. The fourth-order valence-electron chi connectivity index (χ4n) is 2.20. The van der Waals surface area contributed by atoms with E-state index < -0.39 is 17.9 Å². The van der Waals surface area contributed by atoms with Crippen molar-refractivity contribution in [1.29, 1.82) is 0 Å². The maximum atomic E-state index is 11.9. The number of benzene rings is 1. The van der Waals surface area contributed by atoms with Crippen molar-refractivity contribution in [2.45, 2.75) is 20.0 Å². The van der Waals surface area contributed by atoms with E-state index in [0.717, 1.165) is 5.56 Å². The molecular formula is C14H16O4. The molecule has 0 aliphatic carbocycles. The molecule has 0 saturated carbocycles. The first-order valence-electron chi connectivity index (χ1n) is 6.07. The summed E-state index contributed by atoms with van der Waals surface area (Å²) in [6.45, 7) is 3.75. The Balaban J connectivity index is 2.28. The van der Waals surface area contributed by atoms with Crippen LogP contribution in [-0.4, -0.2) is 18.5 Å². The molecule has 0 bridgehead atoms. The van der Waals surface area contributed by atoms with E-state index in [1.807, 2.05) is 30.3 Å². The molecule has 0 aromatic heterocycles. The predicted octanol–water partition coefficient (Wildman–Crippen LogP) is 2.10. The second-order valence-corrected chi connectivity index (χ2v) is 4.33. The van der Waals surface area contributed by atoms with Crippen molar-refractivity contribution in [2.24, 2.45) is 11.8 Å². The number of carbonyl (C=O) groups is 2. The lowest BCUT2D eigenvalue weighted by Gasteiger charge is -2.18. The van der Waals surface area contributed by atoms with Crippen LogP contribution in [0.4, 0.5) is 0 Å². The van der Waals surface area contributed by atoms with E-state index in [-0.39, 0.29) is 11.9 Å².